The zero-order chi connectivity index (χ0) is 16.8. The van der Waals surface area contributed by atoms with E-state index >= 15 is 0 Å². The summed E-state index contributed by atoms with van der Waals surface area (Å²) in [4.78, 5) is 34.7. The van der Waals surface area contributed by atoms with Crippen molar-refractivity contribution in [2.24, 2.45) is 0 Å². The third-order valence-corrected chi connectivity index (χ3v) is 3.37. The van der Waals surface area contributed by atoms with Crippen LogP contribution in [0.3, 0.4) is 0 Å². The van der Waals surface area contributed by atoms with E-state index < -0.39 is 12.0 Å². The van der Waals surface area contributed by atoms with Crippen molar-refractivity contribution in [2.75, 3.05) is 7.11 Å². The van der Waals surface area contributed by atoms with Gasteiger partial charge in [-0.1, -0.05) is 0 Å². The molecule has 118 valence electrons. The zero-order valence-corrected chi connectivity index (χ0v) is 12.9. The van der Waals surface area contributed by atoms with Gasteiger partial charge >= 0.3 is 11.7 Å². The molecule has 2 rings (SSSR count). The van der Waals surface area contributed by atoms with Crippen LogP contribution in [0.15, 0.2) is 30.7 Å². The van der Waals surface area contributed by atoms with Gasteiger partial charge in [-0.2, -0.15) is 0 Å². The second-order valence-electron chi connectivity index (χ2n) is 4.96. The van der Waals surface area contributed by atoms with Crippen molar-refractivity contribution >= 4 is 17.6 Å². The summed E-state index contributed by atoms with van der Waals surface area (Å²) in [5.41, 5.74) is 2.44. The van der Waals surface area contributed by atoms with Crippen molar-refractivity contribution in [2.45, 2.75) is 19.4 Å². The number of methoxy groups -OCH3 is 1. The van der Waals surface area contributed by atoms with Crippen LogP contribution in [0.1, 0.15) is 21.6 Å². The van der Waals surface area contributed by atoms with E-state index in [2.05, 4.69) is 20.1 Å². The number of benzene rings is 1. The number of hydrogen-bond donors (Lipinski definition) is 2. The number of amides is 1. The monoisotopic (exact) mass is 313 g/mol. The smallest absolute Gasteiger partial charge is 0.340 e. The van der Waals surface area contributed by atoms with E-state index in [1.54, 1.807) is 31.3 Å². The van der Waals surface area contributed by atoms with Gasteiger partial charge in [0.2, 0.25) is 0 Å². The van der Waals surface area contributed by atoms with Crippen molar-refractivity contribution in [3.05, 3.63) is 52.4 Å². The van der Waals surface area contributed by atoms with Crippen LogP contribution in [0, 0.1) is 13.5 Å². The second kappa shape index (κ2) is 7.22. The second-order valence-corrected chi connectivity index (χ2v) is 4.96. The first-order valence-electron chi connectivity index (χ1n) is 6.92. The quantitative estimate of drug-likeness (QED) is 0.824. The molecule has 0 saturated heterocycles. The number of esters is 1. The predicted octanol–water partition coefficient (Wildman–Crippen LogP) is 1.83. The summed E-state index contributed by atoms with van der Waals surface area (Å²) in [7, 11) is 1.28. The molecule has 0 fully saturated rings. The number of nitrogens with zero attached hydrogens (tertiary/aromatic N) is 2. The van der Waals surface area contributed by atoms with E-state index in [1.165, 1.54) is 13.4 Å². The fraction of sp³-hybridized carbons (Fsp3) is 0.250. The average Bonchev–Trinajstić information content (AvgIpc) is 3.06. The lowest BCUT2D eigenvalue weighted by Crippen LogP contribution is -2.43. The molecule has 7 heteroatoms. The van der Waals surface area contributed by atoms with E-state index in [0.29, 0.717) is 16.8 Å². The van der Waals surface area contributed by atoms with Gasteiger partial charge in [-0.3, -0.25) is 4.79 Å². The van der Waals surface area contributed by atoms with Crippen LogP contribution in [-0.4, -0.2) is 35.0 Å². The van der Waals surface area contributed by atoms with Crippen molar-refractivity contribution in [3.63, 3.8) is 0 Å². The summed E-state index contributed by atoms with van der Waals surface area (Å²) in [5, 5.41) is 2.68. The molecule has 2 aromatic rings. The van der Waals surface area contributed by atoms with Crippen molar-refractivity contribution in [1.29, 1.82) is 0 Å². The first-order chi connectivity index (χ1) is 11.0. The highest BCUT2D eigenvalue weighted by atomic mass is 16.5. The molecule has 1 amide bonds. The van der Waals surface area contributed by atoms with Crippen LogP contribution in [0.5, 0.6) is 0 Å². The van der Waals surface area contributed by atoms with Crippen LogP contribution in [0.4, 0.5) is 5.69 Å². The van der Waals surface area contributed by atoms with E-state index in [1.807, 2.05) is 0 Å². The summed E-state index contributed by atoms with van der Waals surface area (Å²) >= 11 is 0. The average molecular weight is 313 g/mol. The van der Waals surface area contributed by atoms with E-state index in [4.69, 9.17) is 11.3 Å². The molecule has 2 N–H and O–H groups in total. The molecule has 0 unspecified atom stereocenters. The number of nitrogens with one attached hydrogen (secondary N) is 2. The maximum absolute atomic E-state index is 12.4. The number of aryl methyl sites for hydroxylation is 1. The minimum atomic E-state index is -0.814. The summed E-state index contributed by atoms with van der Waals surface area (Å²) in [6.07, 6.45) is 3.35. The summed E-state index contributed by atoms with van der Waals surface area (Å²) in [6, 6.07) is 4.12. The topological polar surface area (TPSA) is 88.4 Å². The van der Waals surface area contributed by atoms with Crippen LogP contribution in [0.2, 0.25) is 0 Å². The summed E-state index contributed by atoms with van der Waals surface area (Å²) in [5.74, 6) is -0.903. The SMILES string of the molecule is C#[N+]c1ccc(C(=O)N[C@H](Cc2cnc[nH]2)C(=O)OC)c(C)c1. The highest BCUT2D eigenvalue weighted by molar-refractivity contribution is 5.98. The normalized spacial score (nSPS) is 11.3. The highest BCUT2D eigenvalue weighted by Gasteiger charge is 2.24. The lowest BCUT2D eigenvalue weighted by molar-refractivity contribution is -0.142. The van der Waals surface area contributed by atoms with Crippen LogP contribution in [-0.2, 0) is 16.0 Å². The van der Waals surface area contributed by atoms with E-state index in [-0.39, 0.29) is 12.3 Å². The van der Waals surface area contributed by atoms with E-state index in [0.717, 1.165) is 5.69 Å². The Labute approximate surface area is 133 Å². The predicted molar refractivity (Wildman–Crippen MR) is 84.7 cm³/mol. The van der Waals surface area contributed by atoms with Gasteiger partial charge in [-0.15, -0.1) is 0 Å². The molecular formula is C16H17N4O3+. The lowest BCUT2D eigenvalue weighted by Gasteiger charge is -2.16. The number of imidazole rings is 1. The van der Waals surface area contributed by atoms with Crippen LogP contribution < -0.4 is 5.32 Å². The fourth-order valence-corrected chi connectivity index (χ4v) is 2.17. The Balaban J connectivity index is 2.17. The van der Waals surface area contributed by atoms with Crippen molar-refractivity contribution < 1.29 is 14.3 Å². The molecule has 1 atom stereocenters. The lowest BCUT2D eigenvalue weighted by atomic mass is 10.1. The third kappa shape index (κ3) is 3.95. The molecule has 1 aromatic heterocycles. The molecule has 7 nitrogen and oxygen atoms in total. The Hall–Kier alpha value is -3.14. The molecule has 0 radical (unpaired) electrons. The molecule has 0 bridgehead atoms. The van der Waals surface area contributed by atoms with Crippen LogP contribution in [0.25, 0.3) is 4.85 Å². The molecule has 0 saturated carbocycles. The number of aromatic nitrogens is 2. The Kier molecular flexibility index (Phi) is 5.10. The van der Waals surface area contributed by atoms with Crippen molar-refractivity contribution in [1.82, 2.24) is 15.3 Å². The first kappa shape index (κ1) is 16.2. The van der Waals surface area contributed by atoms with Gasteiger partial charge in [0.05, 0.1) is 13.4 Å². The zero-order valence-electron chi connectivity index (χ0n) is 12.9. The molecule has 23 heavy (non-hydrogen) atoms. The van der Waals surface area contributed by atoms with Gasteiger partial charge in [0, 0.05) is 36.0 Å². The molecular weight excluding hydrogens is 296 g/mol. The van der Waals surface area contributed by atoms with Crippen molar-refractivity contribution in [3.8, 4) is 6.57 Å². The van der Waals surface area contributed by atoms with Gasteiger partial charge in [0.1, 0.15) is 6.04 Å². The Morgan fingerprint density at radius 2 is 2.26 bits per heavy atom. The fourth-order valence-electron chi connectivity index (χ4n) is 2.17. The number of carbonyl (C=O) groups excluding carboxylic acids is 2. The largest absolute Gasteiger partial charge is 0.467 e. The standard InChI is InChI=1S/C16H16N4O3/c1-10-6-11(17-2)4-5-13(10)15(21)20-14(16(22)23-3)7-12-8-18-9-19-12/h2,4-6,8-9,14H,7H2,1,3H3,(H-,18,19,20,21)/p+1/t14-/m1/s1. The summed E-state index contributed by atoms with van der Waals surface area (Å²) < 4.78 is 4.75. The first-order valence-corrected chi connectivity index (χ1v) is 6.92. The number of H-pyrrole nitrogens is 1. The Morgan fingerprint density at radius 1 is 1.48 bits per heavy atom. The van der Waals surface area contributed by atoms with Gasteiger partial charge in [0.25, 0.3) is 12.5 Å². The minimum absolute atomic E-state index is 0.258. The van der Waals surface area contributed by atoms with Gasteiger partial charge in [-0.05, 0) is 23.4 Å². The summed E-state index contributed by atoms with van der Waals surface area (Å²) in [6.45, 7) is 6.98. The third-order valence-electron chi connectivity index (χ3n) is 3.37. The number of ether oxygens (including phenoxy) is 1. The number of carbonyl (C=O) groups is 2. The van der Waals surface area contributed by atoms with Crippen LogP contribution >= 0.6 is 0 Å². The number of rotatable bonds is 5. The molecule has 0 aliphatic rings. The minimum Gasteiger partial charge on any atom is -0.467 e. The van der Waals surface area contributed by atoms with Gasteiger partial charge in [-0.25, -0.2) is 9.78 Å². The Bertz CT molecular complexity index is 747. The molecule has 0 aliphatic heterocycles. The molecule has 1 heterocycles. The van der Waals surface area contributed by atoms with Gasteiger partial charge < -0.3 is 15.0 Å². The Morgan fingerprint density at radius 3 is 2.83 bits per heavy atom. The highest BCUT2D eigenvalue weighted by Crippen LogP contribution is 2.18. The molecule has 0 aliphatic carbocycles. The maximum atomic E-state index is 12.4. The molecule has 0 spiro atoms. The molecule has 1 aromatic carbocycles. The maximum Gasteiger partial charge on any atom is 0.340 e. The number of hydrogen-bond acceptors (Lipinski definition) is 4. The van der Waals surface area contributed by atoms with E-state index in [9.17, 15) is 9.59 Å². The number of aromatic amines is 1. The van der Waals surface area contributed by atoms with Gasteiger partial charge in [0.15, 0.2) is 0 Å².